The second kappa shape index (κ2) is 7.96. The molecule has 0 spiro atoms. The van der Waals surface area contributed by atoms with Crippen LogP contribution in [0.3, 0.4) is 0 Å². The van der Waals surface area contributed by atoms with Crippen molar-refractivity contribution in [3.05, 3.63) is 30.1 Å². The minimum Gasteiger partial charge on any atom is -0.391 e. The highest BCUT2D eigenvalue weighted by Crippen LogP contribution is 2.20. The number of para-hydroxylation sites is 2. The summed E-state index contributed by atoms with van der Waals surface area (Å²) < 4.78 is 7.41. The first-order chi connectivity index (χ1) is 13.1. The maximum atomic E-state index is 13.0. The van der Waals surface area contributed by atoms with Crippen molar-refractivity contribution in [1.29, 1.82) is 0 Å². The molecule has 2 aromatic rings. The Morgan fingerprint density at radius 3 is 2.74 bits per heavy atom. The second-order valence-electron chi connectivity index (χ2n) is 7.48. The molecule has 0 bridgehead atoms. The fraction of sp³-hybridized carbons (Fsp3) is 0.600. The number of aliphatic hydroxyl groups excluding tert-OH is 1. The number of morpholine rings is 1. The summed E-state index contributed by atoms with van der Waals surface area (Å²) in [6.45, 7) is 6.68. The molecule has 146 valence electrons. The van der Waals surface area contributed by atoms with E-state index in [1.165, 1.54) is 0 Å². The molecule has 1 N–H and O–H groups in total. The van der Waals surface area contributed by atoms with E-state index < -0.39 is 6.10 Å². The predicted octanol–water partition coefficient (Wildman–Crippen LogP) is 1.03. The van der Waals surface area contributed by atoms with Gasteiger partial charge in [0.05, 0.1) is 30.4 Å². The molecule has 2 atom stereocenters. The van der Waals surface area contributed by atoms with Gasteiger partial charge in [-0.15, -0.1) is 0 Å². The molecule has 7 heteroatoms. The number of amides is 1. The molecular formula is C20H28N4O3. The molecule has 27 heavy (non-hydrogen) atoms. The van der Waals surface area contributed by atoms with Crippen molar-refractivity contribution in [2.24, 2.45) is 0 Å². The van der Waals surface area contributed by atoms with E-state index in [1.54, 1.807) is 0 Å². The first-order valence-corrected chi connectivity index (χ1v) is 9.83. The number of aromatic nitrogens is 2. The van der Waals surface area contributed by atoms with E-state index in [0.29, 0.717) is 26.1 Å². The molecule has 0 aliphatic carbocycles. The second-order valence-corrected chi connectivity index (χ2v) is 7.48. The summed E-state index contributed by atoms with van der Waals surface area (Å²) in [4.78, 5) is 21.7. The van der Waals surface area contributed by atoms with Crippen LogP contribution < -0.4 is 0 Å². The Labute approximate surface area is 159 Å². The number of nitrogens with zero attached hydrogens (tertiary/aromatic N) is 4. The van der Waals surface area contributed by atoms with Crippen LogP contribution >= 0.6 is 0 Å². The van der Waals surface area contributed by atoms with Gasteiger partial charge in [0.25, 0.3) is 0 Å². The Morgan fingerprint density at radius 1 is 1.19 bits per heavy atom. The minimum absolute atomic E-state index is 0.0936. The Hall–Kier alpha value is -1.96. The zero-order chi connectivity index (χ0) is 18.8. The summed E-state index contributed by atoms with van der Waals surface area (Å²) >= 11 is 0. The Bertz CT molecular complexity index is 800. The zero-order valence-electron chi connectivity index (χ0n) is 15.9. The number of hydrogen-bond donors (Lipinski definition) is 1. The summed E-state index contributed by atoms with van der Waals surface area (Å²) in [5.74, 6) is 0.946. The Kier molecular flexibility index (Phi) is 5.43. The van der Waals surface area contributed by atoms with Crippen molar-refractivity contribution in [3.8, 4) is 0 Å². The first kappa shape index (κ1) is 18.4. The van der Waals surface area contributed by atoms with Crippen molar-refractivity contribution >= 4 is 16.9 Å². The van der Waals surface area contributed by atoms with Gasteiger partial charge in [-0.2, -0.15) is 0 Å². The number of rotatable bonds is 3. The van der Waals surface area contributed by atoms with Crippen LogP contribution in [-0.4, -0.2) is 81.9 Å². The van der Waals surface area contributed by atoms with Gasteiger partial charge in [0.15, 0.2) is 0 Å². The van der Waals surface area contributed by atoms with Crippen molar-refractivity contribution in [2.45, 2.75) is 38.5 Å². The monoisotopic (exact) mass is 372 g/mol. The highest BCUT2D eigenvalue weighted by molar-refractivity contribution is 5.81. The molecule has 4 rings (SSSR count). The molecule has 0 unspecified atom stereocenters. The number of hydrogen-bond acceptors (Lipinski definition) is 5. The van der Waals surface area contributed by atoms with Crippen molar-refractivity contribution in [2.75, 3.05) is 39.4 Å². The van der Waals surface area contributed by atoms with Gasteiger partial charge in [0, 0.05) is 32.2 Å². The SMILES string of the molecule is Cc1nc2ccccc2n1CC(=O)N1CC[C@H](O)[C@@H](N2CCOCC2)CC1. The Balaban J connectivity index is 1.44. The van der Waals surface area contributed by atoms with Crippen LogP contribution in [0.25, 0.3) is 11.0 Å². The van der Waals surface area contributed by atoms with Crippen LogP contribution in [0.4, 0.5) is 0 Å². The van der Waals surface area contributed by atoms with E-state index in [1.807, 2.05) is 40.7 Å². The quantitative estimate of drug-likeness (QED) is 0.871. The fourth-order valence-electron chi connectivity index (χ4n) is 4.29. The lowest BCUT2D eigenvalue weighted by Gasteiger charge is -2.36. The van der Waals surface area contributed by atoms with Crippen LogP contribution in [0.5, 0.6) is 0 Å². The van der Waals surface area contributed by atoms with Gasteiger partial charge in [-0.3, -0.25) is 9.69 Å². The lowest BCUT2D eigenvalue weighted by atomic mass is 10.0. The number of fused-ring (bicyclic) bond motifs is 1. The lowest BCUT2D eigenvalue weighted by molar-refractivity contribution is -0.131. The van der Waals surface area contributed by atoms with E-state index in [4.69, 9.17) is 4.74 Å². The highest BCUT2D eigenvalue weighted by Gasteiger charge is 2.32. The predicted molar refractivity (Wildman–Crippen MR) is 102 cm³/mol. The van der Waals surface area contributed by atoms with Crippen molar-refractivity contribution < 1.29 is 14.6 Å². The molecule has 0 radical (unpaired) electrons. The minimum atomic E-state index is -0.392. The molecule has 1 aromatic heterocycles. The molecule has 2 aliphatic heterocycles. The number of carbonyl (C=O) groups excluding carboxylic acids is 1. The van der Waals surface area contributed by atoms with Gasteiger partial charge in [0.1, 0.15) is 12.4 Å². The molecule has 1 aromatic carbocycles. The number of likely N-dealkylation sites (tertiary alicyclic amines) is 1. The van der Waals surface area contributed by atoms with E-state index in [9.17, 15) is 9.90 Å². The van der Waals surface area contributed by atoms with E-state index in [-0.39, 0.29) is 11.9 Å². The standard InChI is InChI=1S/C20H28N4O3/c1-15-21-16-4-2-3-5-17(16)24(15)14-20(26)23-8-6-18(19(25)7-9-23)22-10-12-27-13-11-22/h2-5,18-19,25H,6-14H2,1H3/t18-,19-/m0/s1. The number of benzene rings is 1. The zero-order valence-corrected chi connectivity index (χ0v) is 15.9. The molecule has 2 aliphatic rings. The highest BCUT2D eigenvalue weighted by atomic mass is 16.5. The third-order valence-corrected chi connectivity index (χ3v) is 5.84. The molecule has 7 nitrogen and oxygen atoms in total. The van der Waals surface area contributed by atoms with E-state index in [0.717, 1.165) is 49.6 Å². The molecular weight excluding hydrogens is 344 g/mol. The number of aliphatic hydroxyl groups is 1. The summed E-state index contributed by atoms with van der Waals surface area (Å²) in [6.07, 6.45) is 1.03. The van der Waals surface area contributed by atoms with Crippen molar-refractivity contribution in [1.82, 2.24) is 19.4 Å². The maximum Gasteiger partial charge on any atom is 0.242 e. The number of aryl methyl sites for hydroxylation is 1. The normalized spacial score (nSPS) is 24.9. The van der Waals surface area contributed by atoms with Crippen LogP contribution in [0.2, 0.25) is 0 Å². The van der Waals surface area contributed by atoms with E-state index >= 15 is 0 Å². The van der Waals surface area contributed by atoms with Crippen LogP contribution in [0.15, 0.2) is 24.3 Å². The van der Waals surface area contributed by atoms with Gasteiger partial charge in [-0.25, -0.2) is 4.98 Å². The number of imidazole rings is 1. The molecule has 3 heterocycles. The summed E-state index contributed by atoms with van der Waals surface area (Å²) in [5, 5.41) is 10.6. The summed E-state index contributed by atoms with van der Waals surface area (Å²) in [5.41, 5.74) is 1.91. The molecule has 2 fully saturated rings. The lowest BCUT2D eigenvalue weighted by Crippen LogP contribution is -2.49. The van der Waals surface area contributed by atoms with E-state index in [2.05, 4.69) is 9.88 Å². The van der Waals surface area contributed by atoms with Crippen LogP contribution in [0, 0.1) is 6.92 Å². The third-order valence-electron chi connectivity index (χ3n) is 5.84. The molecule has 0 saturated carbocycles. The average Bonchev–Trinajstić information content (AvgIpc) is 2.86. The summed E-state index contributed by atoms with van der Waals surface area (Å²) in [6, 6.07) is 8.02. The van der Waals surface area contributed by atoms with Crippen LogP contribution in [0.1, 0.15) is 18.7 Å². The van der Waals surface area contributed by atoms with Crippen molar-refractivity contribution in [3.63, 3.8) is 0 Å². The van der Waals surface area contributed by atoms with Gasteiger partial charge >= 0.3 is 0 Å². The van der Waals surface area contributed by atoms with Gasteiger partial charge < -0.3 is 19.3 Å². The number of ether oxygens (including phenoxy) is 1. The maximum absolute atomic E-state index is 13.0. The van der Waals surface area contributed by atoms with Gasteiger partial charge in [-0.05, 0) is 31.9 Å². The first-order valence-electron chi connectivity index (χ1n) is 9.83. The van der Waals surface area contributed by atoms with Gasteiger partial charge in [0.2, 0.25) is 5.91 Å². The topological polar surface area (TPSA) is 70.8 Å². The summed E-state index contributed by atoms with van der Waals surface area (Å²) in [7, 11) is 0. The van der Waals surface area contributed by atoms with Crippen LogP contribution in [-0.2, 0) is 16.1 Å². The fourth-order valence-corrected chi connectivity index (χ4v) is 4.29. The number of carbonyl (C=O) groups is 1. The largest absolute Gasteiger partial charge is 0.391 e. The Morgan fingerprint density at radius 2 is 1.93 bits per heavy atom. The smallest absolute Gasteiger partial charge is 0.242 e. The molecule has 1 amide bonds. The molecule has 2 saturated heterocycles. The third kappa shape index (κ3) is 3.85. The average molecular weight is 372 g/mol. The van der Waals surface area contributed by atoms with Gasteiger partial charge in [-0.1, -0.05) is 12.1 Å².